The molecule has 0 atom stereocenters. The van der Waals surface area contributed by atoms with Crippen molar-refractivity contribution in [2.45, 2.75) is 6.54 Å². The molecule has 96 valence electrons. The smallest absolute Gasteiger partial charge is 0.180 e. The Morgan fingerprint density at radius 2 is 2.05 bits per heavy atom. The van der Waals surface area contributed by atoms with Gasteiger partial charge in [0.05, 0.1) is 6.20 Å². The Morgan fingerprint density at radius 3 is 2.84 bits per heavy atom. The summed E-state index contributed by atoms with van der Waals surface area (Å²) in [5.41, 5.74) is 2.04. The normalized spacial score (nSPS) is 10.6. The number of hydrogen-bond donors (Lipinski definition) is 2. The van der Waals surface area contributed by atoms with Crippen LogP contribution in [0.15, 0.2) is 48.9 Å². The van der Waals surface area contributed by atoms with Crippen LogP contribution in [-0.2, 0) is 6.54 Å². The van der Waals surface area contributed by atoms with E-state index in [0.29, 0.717) is 0 Å². The van der Waals surface area contributed by atoms with E-state index in [-0.39, 0.29) is 0 Å². The summed E-state index contributed by atoms with van der Waals surface area (Å²) < 4.78 is 1.95. The third-order valence-corrected chi connectivity index (χ3v) is 2.93. The molecule has 0 aliphatic heterocycles. The Labute approximate surface area is 111 Å². The molecule has 3 aromatic rings. The van der Waals surface area contributed by atoms with Crippen molar-refractivity contribution < 1.29 is 0 Å². The molecular formula is C14H15N5. The first-order chi connectivity index (χ1) is 9.36. The zero-order valence-corrected chi connectivity index (χ0v) is 10.7. The summed E-state index contributed by atoms with van der Waals surface area (Å²) in [6, 6.07) is 10.2. The highest BCUT2D eigenvalue weighted by atomic mass is 15.1. The summed E-state index contributed by atoms with van der Waals surface area (Å²) in [5.74, 6) is 1.58. The molecule has 2 heterocycles. The van der Waals surface area contributed by atoms with Crippen molar-refractivity contribution in [2.24, 2.45) is 0 Å². The number of nitrogens with zero attached hydrogens (tertiary/aromatic N) is 3. The van der Waals surface area contributed by atoms with Crippen LogP contribution in [0, 0.1) is 0 Å². The van der Waals surface area contributed by atoms with Gasteiger partial charge in [-0.15, -0.1) is 0 Å². The van der Waals surface area contributed by atoms with Gasteiger partial charge in [0, 0.05) is 26.0 Å². The van der Waals surface area contributed by atoms with Gasteiger partial charge in [0.25, 0.3) is 0 Å². The first kappa shape index (κ1) is 11.5. The lowest BCUT2D eigenvalue weighted by molar-refractivity contribution is 1.07. The van der Waals surface area contributed by atoms with Crippen LogP contribution in [0.2, 0.25) is 0 Å². The first-order valence-electron chi connectivity index (χ1n) is 6.16. The van der Waals surface area contributed by atoms with Gasteiger partial charge in [-0.25, -0.2) is 9.97 Å². The van der Waals surface area contributed by atoms with Crippen LogP contribution in [0.3, 0.4) is 0 Å². The van der Waals surface area contributed by atoms with Crippen LogP contribution in [0.5, 0.6) is 0 Å². The summed E-state index contributed by atoms with van der Waals surface area (Å²) in [7, 11) is 1.85. The summed E-state index contributed by atoms with van der Waals surface area (Å²) >= 11 is 0. The lowest BCUT2D eigenvalue weighted by atomic mass is 10.2. The van der Waals surface area contributed by atoms with Gasteiger partial charge >= 0.3 is 0 Å². The topological polar surface area (TPSA) is 54.2 Å². The second-order valence-corrected chi connectivity index (χ2v) is 4.22. The quantitative estimate of drug-likeness (QED) is 0.749. The van der Waals surface area contributed by atoms with Crippen LogP contribution in [0.4, 0.5) is 11.6 Å². The molecule has 0 bridgehead atoms. The average Bonchev–Trinajstić information content (AvgIpc) is 2.94. The highest BCUT2D eigenvalue weighted by Crippen LogP contribution is 2.16. The molecular weight excluding hydrogens is 238 g/mol. The summed E-state index contributed by atoms with van der Waals surface area (Å²) in [4.78, 5) is 8.82. The number of aromatic nitrogens is 3. The minimum absolute atomic E-state index is 0.726. The molecule has 0 radical (unpaired) electrons. The fourth-order valence-electron chi connectivity index (χ4n) is 1.95. The zero-order chi connectivity index (χ0) is 13.1. The Kier molecular flexibility index (Phi) is 3.02. The minimum Gasteiger partial charge on any atom is -0.372 e. The van der Waals surface area contributed by atoms with Crippen molar-refractivity contribution in [2.75, 3.05) is 17.7 Å². The Balaban J connectivity index is 1.89. The molecule has 2 aromatic heterocycles. The fourth-order valence-corrected chi connectivity index (χ4v) is 1.95. The van der Waals surface area contributed by atoms with Gasteiger partial charge in [-0.1, -0.05) is 30.3 Å². The van der Waals surface area contributed by atoms with Crippen LogP contribution in [0.25, 0.3) is 5.65 Å². The molecule has 2 N–H and O–H groups in total. The standard InChI is InChI=1S/C14H15N5/c1-15-12-10-19-8-7-16-14(19)13(18-12)17-9-11-5-3-2-4-6-11/h2-8,10,15H,9H2,1H3,(H,17,18). The molecule has 3 rings (SSSR count). The molecule has 0 aliphatic carbocycles. The molecule has 5 nitrogen and oxygen atoms in total. The summed E-state index contributed by atoms with van der Waals surface area (Å²) in [6.45, 7) is 0.726. The van der Waals surface area contributed by atoms with Crippen LogP contribution in [0.1, 0.15) is 5.56 Å². The van der Waals surface area contributed by atoms with Crippen molar-refractivity contribution in [3.8, 4) is 0 Å². The van der Waals surface area contributed by atoms with E-state index in [2.05, 4.69) is 32.7 Å². The van der Waals surface area contributed by atoms with E-state index in [4.69, 9.17) is 0 Å². The molecule has 19 heavy (non-hydrogen) atoms. The van der Waals surface area contributed by atoms with Gasteiger partial charge < -0.3 is 15.0 Å². The van der Waals surface area contributed by atoms with Crippen molar-refractivity contribution in [1.29, 1.82) is 0 Å². The molecule has 0 unspecified atom stereocenters. The molecule has 0 saturated carbocycles. The first-order valence-corrected chi connectivity index (χ1v) is 6.16. The van der Waals surface area contributed by atoms with Gasteiger partial charge in [0.1, 0.15) is 5.82 Å². The molecule has 0 spiro atoms. The second kappa shape index (κ2) is 4.97. The summed E-state index contributed by atoms with van der Waals surface area (Å²) in [5, 5.41) is 6.38. The van der Waals surface area contributed by atoms with Gasteiger partial charge in [-0.3, -0.25) is 0 Å². The number of hydrogen-bond acceptors (Lipinski definition) is 4. The maximum Gasteiger partial charge on any atom is 0.180 e. The van der Waals surface area contributed by atoms with Gasteiger partial charge in [-0.2, -0.15) is 0 Å². The predicted molar refractivity (Wildman–Crippen MR) is 76.3 cm³/mol. The maximum atomic E-state index is 4.50. The third-order valence-electron chi connectivity index (χ3n) is 2.93. The van der Waals surface area contributed by atoms with Crippen LogP contribution >= 0.6 is 0 Å². The van der Waals surface area contributed by atoms with E-state index in [1.807, 2.05) is 42.0 Å². The molecule has 0 fully saturated rings. The van der Waals surface area contributed by atoms with Gasteiger partial charge in [0.2, 0.25) is 0 Å². The predicted octanol–water partition coefficient (Wildman–Crippen LogP) is 2.38. The molecule has 5 heteroatoms. The van der Waals surface area contributed by atoms with Crippen molar-refractivity contribution in [1.82, 2.24) is 14.4 Å². The van der Waals surface area contributed by atoms with E-state index in [1.54, 1.807) is 6.20 Å². The van der Waals surface area contributed by atoms with E-state index >= 15 is 0 Å². The number of fused-ring (bicyclic) bond motifs is 1. The van der Waals surface area contributed by atoms with E-state index in [0.717, 1.165) is 23.8 Å². The Bertz CT molecular complexity index is 675. The largest absolute Gasteiger partial charge is 0.372 e. The van der Waals surface area contributed by atoms with Crippen LogP contribution in [-0.4, -0.2) is 21.4 Å². The second-order valence-electron chi connectivity index (χ2n) is 4.22. The molecule has 0 saturated heterocycles. The Morgan fingerprint density at radius 1 is 1.21 bits per heavy atom. The Hall–Kier alpha value is -2.56. The SMILES string of the molecule is CNc1cn2ccnc2c(NCc2ccccc2)n1. The van der Waals surface area contributed by atoms with Gasteiger partial charge in [0.15, 0.2) is 11.5 Å². The highest BCUT2D eigenvalue weighted by Gasteiger charge is 2.06. The third kappa shape index (κ3) is 2.35. The number of nitrogens with one attached hydrogen (secondary N) is 2. The number of benzene rings is 1. The van der Waals surface area contributed by atoms with Gasteiger partial charge in [-0.05, 0) is 5.56 Å². The van der Waals surface area contributed by atoms with Crippen molar-refractivity contribution in [3.05, 3.63) is 54.5 Å². The number of anilines is 2. The van der Waals surface area contributed by atoms with Crippen molar-refractivity contribution in [3.63, 3.8) is 0 Å². The lowest BCUT2D eigenvalue weighted by Gasteiger charge is -2.09. The maximum absolute atomic E-state index is 4.50. The van der Waals surface area contributed by atoms with Crippen LogP contribution < -0.4 is 10.6 Å². The zero-order valence-electron chi connectivity index (χ0n) is 10.7. The van der Waals surface area contributed by atoms with Crippen molar-refractivity contribution >= 4 is 17.3 Å². The molecule has 1 aromatic carbocycles. The number of imidazole rings is 1. The fraction of sp³-hybridized carbons (Fsp3) is 0.143. The van der Waals surface area contributed by atoms with E-state index in [9.17, 15) is 0 Å². The highest BCUT2D eigenvalue weighted by molar-refractivity contribution is 5.65. The lowest BCUT2D eigenvalue weighted by Crippen LogP contribution is -2.06. The minimum atomic E-state index is 0.726. The average molecular weight is 253 g/mol. The monoisotopic (exact) mass is 253 g/mol. The molecule has 0 amide bonds. The number of rotatable bonds is 4. The van der Waals surface area contributed by atoms with E-state index in [1.165, 1.54) is 5.56 Å². The van der Waals surface area contributed by atoms with E-state index < -0.39 is 0 Å². The summed E-state index contributed by atoms with van der Waals surface area (Å²) in [6.07, 6.45) is 5.59. The molecule has 0 aliphatic rings.